The van der Waals surface area contributed by atoms with Gasteiger partial charge in [-0.15, -0.1) is 0 Å². The number of fused-ring (bicyclic) bond motifs is 1. The summed E-state index contributed by atoms with van der Waals surface area (Å²) in [6.07, 6.45) is 1.69. The normalized spacial score (nSPS) is 16.5. The fraction of sp³-hybridized carbons (Fsp3) is 0.258. The van der Waals surface area contributed by atoms with Crippen LogP contribution in [-0.2, 0) is 16.0 Å². The summed E-state index contributed by atoms with van der Waals surface area (Å²) >= 11 is 1.33. The molecule has 206 valence electrons. The molecule has 0 radical (unpaired) electrons. The van der Waals surface area contributed by atoms with E-state index in [1.54, 1.807) is 49.6 Å². The SMILES string of the molecule is CCCOc1ccc(C2/C(=C(\O)c3ccc(OC)cc3)C(=O)C(=O)N2c2nc3ccc(CC)cc3s2)cc1OC. The molecule has 1 aliphatic heterocycles. The number of aliphatic hydroxyl groups is 1. The number of nitrogens with zero attached hydrogens (tertiary/aromatic N) is 2. The Kier molecular flexibility index (Phi) is 7.75. The standard InChI is InChI=1S/C31H30N2O6S/c1-5-15-39-23-14-10-20(17-24(23)38-4)27-26(28(34)19-8-11-21(37-3)12-9-19)29(35)30(36)33(27)31-32-22-13-7-18(6-2)16-25(22)40-31/h7-14,16-17,27,34H,5-6,15H2,1-4H3/b28-26+. The van der Waals surface area contributed by atoms with Crippen LogP contribution in [0.4, 0.5) is 5.13 Å². The van der Waals surface area contributed by atoms with Crippen LogP contribution in [0.3, 0.4) is 0 Å². The van der Waals surface area contributed by atoms with Crippen LogP contribution >= 0.6 is 11.3 Å². The summed E-state index contributed by atoms with van der Waals surface area (Å²) < 4.78 is 17.6. The van der Waals surface area contributed by atoms with Crippen molar-refractivity contribution in [3.8, 4) is 17.2 Å². The summed E-state index contributed by atoms with van der Waals surface area (Å²) in [6.45, 7) is 4.59. The predicted molar refractivity (Wildman–Crippen MR) is 156 cm³/mol. The second-order valence-electron chi connectivity index (χ2n) is 9.31. The van der Waals surface area contributed by atoms with Crippen LogP contribution in [0.2, 0.25) is 0 Å². The average molecular weight is 559 g/mol. The Balaban J connectivity index is 1.70. The number of anilines is 1. The van der Waals surface area contributed by atoms with Gasteiger partial charge in [0, 0.05) is 5.56 Å². The molecule has 1 atom stereocenters. The zero-order valence-electron chi connectivity index (χ0n) is 22.8. The largest absolute Gasteiger partial charge is 0.507 e. The molecule has 1 saturated heterocycles. The van der Waals surface area contributed by atoms with Crippen molar-refractivity contribution in [2.75, 3.05) is 25.7 Å². The molecule has 9 heteroatoms. The molecule has 8 nitrogen and oxygen atoms in total. The maximum Gasteiger partial charge on any atom is 0.301 e. The molecule has 1 amide bonds. The molecule has 40 heavy (non-hydrogen) atoms. The molecule has 1 N–H and O–H groups in total. The minimum Gasteiger partial charge on any atom is -0.507 e. The number of amides is 1. The lowest BCUT2D eigenvalue weighted by atomic mass is 9.95. The van der Waals surface area contributed by atoms with Gasteiger partial charge in [-0.25, -0.2) is 4.98 Å². The number of methoxy groups -OCH3 is 2. The summed E-state index contributed by atoms with van der Waals surface area (Å²) in [4.78, 5) is 33.3. The highest BCUT2D eigenvalue weighted by molar-refractivity contribution is 7.22. The predicted octanol–water partition coefficient (Wildman–Crippen LogP) is 6.29. The van der Waals surface area contributed by atoms with E-state index in [9.17, 15) is 14.7 Å². The van der Waals surface area contributed by atoms with Crippen molar-refractivity contribution in [2.45, 2.75) is 32.7 Å². The number of rotatable bonds is 9. The molecule has 4 aromatic rings. The van der Waals surface area contributed by atoms with E-state index in [-0.39, 0.29) is 11.3 Å². The number of carbonyl (C=O) groups excluding carboxylic acids is 2. The van der Waals surface area contributed by atoms with Crippen LogP contribution in [0.25, 0.3) is 16.0 Å². The highest BCUT2D eigenvalue weighted by Gasteiger charge is 2.48. The smallest absolute Gasteiger partial charge is 0.301 e. The third-order valence-electron chi connectivity index (χ3n) is 6.83. The molecule has 1 unspecified atom stereocenters. The first kappa shape index (κ1) is 27.2. The topological polar surface area (TPSA) is 98.2 Å². The molecule has 5 rings (SSSR count). The van der Waals surface area contributed by atoms with Gasteiger partial charge in [0.25, 0.3) is 5.78 Å². The van der Waals surface area contributed by atoms with Gasteiger partial charge in [-0.2, -0.15) is 0 Å². The van der Waals surface area contributed by atoms with Crippen LogP contribution < -0.4 is 19.1 Å². The van der Waals surface area contributed by atoms with Gasteiger partial charge in [0.05, 0.1) is 42.7 Å². The number of thiazole rings is 1. The summed E-state index contributed by atoms with van der Waals surface area (Å²) in [6, 6.07) is 16.9. The molecule has 0 bridgehead atoms. The maximum absolute atomic E-state index is 13.6. The molecule has 1 aromatic heterocycles. The Bertz CT molecular complexity index is 1610. The number of ether oxygens (including phenoxy) is 3. The van der Waals surface area contributed by atoms with E-state index in [2.05, 4.69) is 6.92 Å². The van der Waals surface area contributed by atoms with Crippen LogP contribution in [0.1, 0.15) is 43.0 Å². The first-order valence-corrected chi connectivity index (χ1v) is 13.9. The molecule has 0 aliphatic carbocycles. The van der Waals surface area contributed by atoms with Gasteiger partial charge in [-0.1, -0.05) is 37.3 Å². The lowest BCUT2D eigenvalue weighted by Crippen LogP contribution is -2.29. The fourth-order valence-corrected chi connectivity index (χ4v) is 5.77. The lowest BCUT2D eigenvalue weighted by Gasteiger charge is -2.24. The van der Waals surface area contributed by atoms with E-state index in [1.807, 2.05) is 25.1 Å². The summed E-state index contributed by atoms with van der Waals surface area (Å²) in [7, 11) is 3.08. The number of aryl methyl sites for hydroxylation is 1. The Morgan fingerprint density at radius 3 is 2.42 bits per heavy atom. The van der Waals surface area contributed by atoms with Gasteiger partial charge in [0.1, 0.15) is 11.5 Å². The highest BCUT2D eigenvalue weighted by Crippen LogP contribution is 2.46. The number of benzene rings is 3. The molecule has 3 aromatic carbocycles. The Labute approximate surface area is 236 Å². The Morgan fingerprint density at radius 2 is 1.75 bits per heavy atom. The van der Waals surface area contributed by atoms with Gasteiger partial charge < -0.3 is 19.3 Å². The van der Waals surface area contributed by atoms with E-state index in [0.29, 0.717) is 40.1 Å². The van der Waals surface area contributed by atoms with Crippen molar-refractivity contribution < 1.29 is 28.9 Å². The number of Topliss-reactive ketones (excluding diaryl/α,β-unsaturated/α-hetero) is 1. The van der Waals surface area contributed by atoms with Gasteiger partial charge >= 0.3 is 5.91 Å². The van der Waals surface area contributed by atoms with Crippen LogP contribution in [-0.4, -0.2) is 42.6 Å². The Hall–Kier alpha value is -4.37. The van der Waals surface area contributed by atoms with Crippen molar-refractivity contribution in [1.29, 1.82) is 0 Å². The third kappa shape index (κ3) is 4.88. The molecular formula is C31H30N2O6S. The minimum absolute atomic E-state index is 0.0343. The molecule has 0 saturated carbocycles. The average Bonchev–Trinajstić information content (AvgIpc) is 3.52. The second-order valence-corrected chi connectivity index (χ2v) is 10.3. The second kappa shape index (κ2) is 11.4. The number of aliphatic hydroxyl groups excluding tert-OH is 1. The van der Waals surface area contributed by atoms with Crippen LogP contribution in [0.5, 0.6) is 17.2 Å². The molecule has 0 spiro atoms. The van der Waals surface area contributed by atoms with E-state index in [1.165, 1.54) is 23.3 Å². The summed E-state index contributed by atoms with van der Waals surface area (Å²) in [5.41, 5.74) is 2.80. The van der Waals surface area contributed by atoms with E-state index >= 15 is 0 Å². The number of ketones is 1. The van der Waals surface area contributed by atoms with Crippen molar-refractivity contribution in [3.63, 3.8) is 0 Å². The van der Waals surface area contributed by atoms with Gasteiger partial charge in [-0.05, 0) is 72.5 Å². The fourth-order valence-electron chi connectivity index (χ4n) is 4.71. The monoisotopic (exact) mass is 558 g/mol. The highest BCUT2D eigenvalue weighted by atomic mass is 32.1. The molecule has 1 aliphatic rings. The van der Waals surface area contributed by atoms with E-state index in [0.717, 1.165) is 28.6 Å². The molecular weight excluding hydrogens is 528 g/mol. The van der Waals surface area contributed by atoms with Crippen molar-refractivity contribution >= 4 is 44.1 Å². The molecule has 2 heterocycles. The third-order valence-corrected chi connectivity index (χ3v) is 7.85. The summed E-state index contributed by atoms with van der Waals surface area (Å²) in [5, 5.41) is 11.8. The number of hydrogen-bond acceptors (Lipinski definition) is 8. The zero-order chi connectivity index (χ0) is 28.4. The Morgan fingerprint density at radius 1 is 0.975 bits per heavy atom. The van der Waals surface area contributed by atoms with Gasteiger partial charge in [0.15, 0.2) is 16.6 Å². The number of hydrogen-bond donors (Lipinski definition) is 1. The van der Waals surface area contributed by atoms with Crippen LogP contribution in [0.15, 0.2) is 66.2 Å². The number of carbonyl (C=O) groups is 2. The van der Waals surface area contributed by atoms with Gasteiger partial charge in [0.2, 0.25) is 0 Å². The van der Waals surface area contributed by atoms with Crippen molar-refractivity contribution in [2.24, 2.45) is 0 Å². The molecule has 1 fully saturated rings. The minimum atomic E-state index is -0.942. The zero-order valence-corrected chi connectivity index (χ0v) is 23.6. The number of aromatic nitrogens is 1. The van der Waals surface area contributed by atoms with E-state index in [4.69, 9.17) is 19.2 Å². The van der Waals surface area contributed by atoms with Crippen molar-refractivity contribution in [3.05, 3.63) is 82.9 Å². The first-order valence-electron chi connectivity index (χ1n) is 13.1. The quantitative estimate of drug-likeness (QED) is 0.146. The lowest BCUT2D eigenvalue weighted by molar-refractivity contribution is -0.132. The van der Waals surface area contributed by atoms with Gasteiger partial charge in [-0.3, -0.25) is 14.5 Å². The summed E-state index contributed by atoms with van der Waals surface area (Å²) in [5.74, 6) is -0.239. The van der Waals surface area contributed by atoms with E-state index < -0.39 is 17.7 Å². The first-order chi connectivity index (χ1) is 19.4. The van der Waals surface area contributed by atoms with Crippen LogP contribution in [0, 0.1) is 0 Å². The maximum atomic E-state index is 13.6. The van der Waals surface area contributed by atoms with Crippen molar-refractivity contribution in [1.82, 2.24) is 4.98 Å².